The number of hydrogen-bond acceptors (Lipinski definition) is 8. The molecule has 2 aromatic rings. The predicted molar refractivity (Wildman–Crippen MR) is 85.0 cm³/mol. The highest BCUT2D eigenvalue weighted by atomic mass is 32.1. The minimum absolute atomic E-state index is 0.486. The molecule has 0 unspecified atom stereocenters. The maximum atomic E-state index is 5.06. The van der Waals surface area contributed by atoms with Crippen LogP contribution in [0.25, 0.3) is 0 Å². The molecule has 8 heteroatoms. The Balaban J connectivity index is 1.52. The number of hydrogen-bond donors (Lipinski definition) is 0. The molecule has 0 atom stereocenters. The van der Waals surface area contributed by atoms with E-state index in [0.29, 0.717) is 6.61 Å². The van der Waals surface area contributed by atoms with Crippen LogP contribution in [0, 0.1) is 6.92 Å². The second kappa shape index (κ2) is 6.78. The van der Waals surface area contributed by atoms with Gasteiger partial charge < -0.3 is 9.64 Å². The number of rotatable bonds is 5. The molecule has 0 bridgehead atoms. The van der Waals surface area contributed by atoms with Crippen molar-refractivity contribution in [3.8, 4) is 0 Å². The summed E-state index contributed by atoms with van der Waals surface area (Å²) in [6.45, 7) is 7.54. The SMILES string of the molecule is COCc1nsc(N2CCN(Cc3csc(C)n3)CC2)n1. The fourth-order valence-corrected chi connectivity index (χ4v) is 3.70. The molecular formula is C13H19N5OS2. The van der Waals surface area contributed by atoms with Gasteiger partial charge in [0, 0.05) is 56.7 Å². The van der Waals surface area contributed by atoms with Crippen molar-refractivity contribution < 1.29 is 4.74 Å². The van der Waals surface area contributed by atoms with Gasteiger partial charge in [0.15, 0.2) is 5.82 Å². The minimum atomic E-state index is 0.486. The van der Waals surface area contributed by atoms with Gasteiger partial charge in [-0.05, 0) is 6.92 Å². The molecule has 21 heavy (non-hydrogen) atoms. The number of anilines is 1. The first kappa shape index (κ1) is 14.8. The van der Waals surface area contributed by atoms with Gasteiger partial charge in [-0.3, -0.25) is 4.90 Å². The Morgan fingerprint density at radius 1 is 1.24 bits per heavy atom. The average molecular weight is 325 g/mol. The number of methoxy groups -OCH3 is 1. The zero-order chi connectivity index (χ0) is 14.7. The Morgan fingerprint density at radius 2 is 2.05 bits per heavy atom. The minimum Gasteiger partial charge on any atom is -0.377 e. The van der Waals surface area contributed by atoms with Crippen molar-refractivity contribution in [3.05, 3.63) is 21.9 Å². The summed E-state index contributed by atoms with van der Waals surface area (Å²) < 4.78 is 9.38. The molecule has 0 amide bonds. The molecule has 1 saturated heterocycles. The van der Waals surface area contributed by atoms with Gasteiger partial charge in [0.25, 0.3) is 0 Å². The molecule has 3 heterocycles. The van der Waals surface area contributed by atoms with Crippen LogP contribution in [0.4, 0.5) is 5.13 Å². The molecule has 114 valence electrons. The highest BCUT2D eigenvalue weighted by Crippen LogP contribution is 2.20. The Labute approximate surface area is 132 Å². The quantitative estimate of drug-likeness (QED) is 0.835. The van der Waals surface area contributed by atoms with Crippen LogP contribution in [0.15, 0.2) is 5.38 Å². The lowest BCUT2D eigenvalue weighted by Gasteiger charge is -2.33. The van der Waals surface area contributed by atoms with E-state index in [4.69, 9.17) is 4.74 Å². The molecule has 1 aliphatic rings. The van der Waals surface area contributed by atoms with Crippen molar-refractivity contribution >= 4 is 28.0 Å². The summed E-state index contributed by atoms with van der Waals surface area (Å²) >= 11 is 3.18. The van der Waals surface area contributed by atoms with E-state index in [1.807, 2.05) is 0 Å². The standard InChI is InChI=1S/C13H19N5OS2/c1-10-14-11(9-20-10)7-17-3-5-18(6-4-17)13-15-12(8-19-2)16-21-13/h9H,3-8H2,1-2H3. The number of piperazine rings is 1. The molecule has 3 rings (SSSR count). The number of aromatic nitrogens is 3. The van der Waals surface area contributed by atoms with Gasteiger partial charge in [0.05, 0.1) is 10.7 Å². The zero-order valence-electron chi connectivity index (χ0n) is 12.3. The summed E-state index contributed by atoms with van der Waals surface area (Å²) in [5, 5.41) is 4.30. The summed E-state index contributed by atoms with van der Waals surface area (Å²) in [6, 6.07) is 0. The third kappa shape index (κ3) is 3.76. The molecule has 6 nitrogen and oxygen atoms in total. The van der Waals surface area contributed by atoms with E-state index in [1.165, 1.54) is 17.2 Å². The summed E-state index contributed by atoms with van der Waals surface area (Å²) in [5.74, 6) is 0.776. The molecule has 0 radical (unpaired) electrons. The third-order valence-corrected chi connectivity index (χ3v) is 5.06. The van der Waals surface area contributed by atoms with Crippen molar-refractivity contribution in [1.82, 2.24) is 19.2 Å². The molecule has 0 aliphatic carbocycles. The molecule has 0 saturated carbocycles. The smallest absolute Gasteiger partial charge is 0.205 e. The van der Waals surface area contributed by atoms with E-state index >= 15 is 0 Å². The van der Waals surface area contributed by atoms with Crippen LogP contribution >= 0.6 is 22.9 Å². The highest BCUT2D eigenvalue weighted by Gasteiger charge is 2.20. The average Bonchev–Trinajstić information content (AvgIpc) is 3.10. The van der Waals surface area contributed by atoms with E-state index in [-0.39, 0.29) is 0 Å². The van der Waals surface area contributed by atoms with Crippen LogP contribution < -0.4 is 4.90 Å². The zero-order valence-corrected chi connectivity index (χ0v) is 13.9. The van der Waals surface area contributed by atoms with Gasteiger partial charge in [-0.2, -0.15) is 4.37 Å². The maximum Gasteiger partial charge on any atom is 0.205 e. The van der Waals surface area contributed by atoms with Crippen LogP contribution in [-0.4, -0.2) is 52.5 Å². The Morgan fingerprint density at radius 3 is 2.71 bits per heavy atom. The van der Waals surface area contributed by atoms with Gasteiger partial charge in [0.2, 0.25) is 5.13 Å². The number of nitrogens with zero attached hydrogens (tertiary/aromatic N) is 5. The summed E-state index contributed by atoms with van der Waals surface area (Å²) in [7, 11) is 1.67. The molecular weight excluding hydrogens is 306 g/mol. The summed E-state index contributed by atoms with van der Waals surface area (Å²) in [5.41, 5.74) is 1.18. The normalized spacial score (nSPS) is 16.6. The molecule has 2 aromatic heterocycles. The van der Waals surface area contributed by atoms with Gasteiger partial charge >= 0.3 is 0 Å². The largest absolute Gasteiger partial charge is 0.377 e. The van der Waals surface area contributed by atoms with Gasteiger partial charge in [-0.25, -0.2) is 9.97 Å². The van der Waals surface area contributed by atoms with Crippen molar-refractivity contribution in [2.75, 3.05) is 38.2 Å². The van der Waals surface area contributed by atoms with Crippen LogP contribution in [0.2, 0.25) is 0 Å². The highest BCUT2D eigenvalue weighted by molar-refractivity contribution is 7.09. The second-order valence-corrected chi connectivity index (χ2v) is 6.84. The van der Waals surface area contributed by atoms with Crippen molar-refractivity contribution in [3.63, 3.8) is 0 Å². The van der Waals surface area contributed by atoms with Crippen molar-refractivity contribution in [2.24, 2.45) is 0 Å². The van der Waals surface area contributed by atoms with E-state index in [9.17, 15) is 0 Å². The van der Waals surface area contributed by atoms with Crippen LogP contribution in [-0.2, 0) is 17.9 Å². The number of thiazole rings is 1. The van der Waals surface area contributed by atoms with E-state index in [1.54, 1.807) is 18.4 Å². The number of aryl methyl sites for hydroxylation is 1. The first-order valence-corrected chi connectivity index (χ1v) is 8.60. The van der Waals surface area contributed by atoms with Crippen molar-refractivity contribution in [2.45, 2.75) is 20.1 Å². The second-order valence-electron chi connectivity index (χ2n) is 5.05. The van der Waals surface area contributed by atoms with Crippen LogP contribution in [0.1, 0.15) is 16.5 Å². The number of ether oxygens (including phenoxy) is 1. The fourth-order valence-electron chi connectivity index (χ4n) is 2.37. The topological polar surface area (TPSA) is 54.4 Å². The lowest BCUT2D eigenvalue weighted by atomic mass is 10.3. The first-order chi connectivity index (χ1) is 10.2. The van der Waals surface area contributed by atoms with Gasteiger partial charge in [-0.1, -0.05) is 0 Å². The maximum absolute atomic E-state index is 5.06. The lowest BCUT2D eigenvalue weighted by molar-refractivity contribution is 0.179. The van der Waals surface area contributed by atoms with Gasteiger partial charge in [-0.15, -0.1) is 11.3 Å². The van der Waals surface area contributed by atoms with E-state index < -0.39 is 0 Å². The Hall–Kier alpha value is -1.09. The monoisotopic (exact) mass is 325 g/mol. The van der Waals surface area contributed by atoms with Crippen LogP contribution in [0.3, 0.4) is 0 Å². The summed E-state index contributed by atoms with van der Waals surface area (Å²) in [6.07, 6.45) is 0. The third-order valence-electron chi connectivity index (χ3n) is 3.43. The first-order valence-electron chi connectivity index (χ1n) is 6.94. The predicted octanol–water partition coefficient (Wildman–Crippen LogP) is 1.77. The molecule has 0 N–H and O–H groups in total. The molecule has 0 aromatic carbocycles. The van der Waals surface area contributed by atoms with Crippen molar-refractivity contribution in [1.29, 1.82) is 0 Å². The Bertz CT molecular complexity index is 577. The van der Waals surface area contributed by atoms with Crippen LogP contribution in [0.5, 0.6) is 0 Å². The van der Waals surface area contributed by atoms with E-state index in [0.717, 1.165) is 48.7 Å². The van der Waals surface area contributed by atoms with E-state index in [2.05, 4.69) is 36.4 Å². The molecule has 1 fully saturated rings. The fraction of sp³-hybridized carbons (Fsp3) is 0.615. The summed E-state index contributed by atoms with van der Waals surface area (Å²) in [4.78, 5) is 13.8. The lowest BCUT2D eigenvalue weighted by Crippen LogP contribution is -2.46. The molecule has 1 aliphatic heterocycles. The molecule has 0 spiro atoms. The Kier molecular flexibility index (Phi) is 4.79. The van der Waals surface area contributed by atoms with Gasteiger partial charge in [0.1, 0.15) is 6.61 Å².